The van der Waals surface area contributed by atoms with Gasteiger partial charge in [0, 0.05) is 6.04 Å². The molecule has 7 nitrogen and oxygen atoms in total. The fourth-order valence-electron chi connectivity index (χ4n) is 4.47. The number of anilines is 1. The molecule has 29 heavy (non-hydrogen) atoms. The summed E-state index contributed by atoms with van der Waals surface area (Å²) >= 11 is 0. The van der Waals surface area contributed by atoms with Crippen molar-refractivity contribution in [2.75, 3.05) is 18.6 Å². The zero-order valence-corrected chi connectivity index (χ0v) is 16.2. The normalized spacial score (nSPS) is 28.5. The second kappa shape index (κ2) is 7.09. The molecule has 2 amide bonds. The van der Waals surface area contributed by atoms with Crippen LogP contribution in [0.15, 0.2) is 54.6 Å². The topological polar surface area (TPSA) is 95.9 Å². The van der Waals surface area contributed by atoms with Crippen molar-refractivity contribution in [2.45, 2.75) is 18.5 Å². The number of aliphatic hydroxyl groups excluding tert-OH is 1. The Bertz CT molecular complexity index is 959. The zero-order valence-electron chi connectivity index (χ0n) is 16.2. The lowest BCUT2D eigenvalue weighted by Gasteiger charge is -2.30. The van der Waals surface area contributed by atoms with Crippen LogP contribution in [0.25, 0.3) is 0 Å². The van der Waals surface area contributed by atoms with E-state index in [1.165, 1.54) is 7.11 Å². The van der Waals surface area contributed by atoms with Crippen molar-refractivity contribution >= 4 is 23.5 Å². The molecule has 2 aromatic rings. The smallest absolute Gasteiger partial charge is 0.329 e. The maximum atomic E-state index is 13.4. The number of nitrogens with zero attached hydrogens (tertiary/aromatic N) is 1. The highest BCUT2D eigenvalue weighted by Crippen LogP contribution is 2.49. The third-order valence-electron chi connectivity index (χ3n) is 5.90. The van der Waals surface area contributed by atoms with Gasteiger partial charge in [-0.2, -0.15) is 0 Å². The number of rotatable bonds is 4. The van der Waals surface area contributed by atoms with Crippen molar-refractivity contribution in [1.82, 2.24) is 5.32 Å². The predicted molar refractivity (Wildman–Crippen MR) is 105 cm³/mol. The fourth-order valence-corrected chi connectivity index (χ4v) is 4.47. The van der Waals surface area contributed by atoms with Crippen LogP contribution in [0, 0.1) is 18.8 Å². The number of imide groups is 1. The van der Waals surface area contributed by atoms with E-state index in [9.17, 15) is 19.5 Å². The molecule has 4 rings (SSSR count). The SMILES string of the molecule is COC(=O)[C@@]1(CO)N[C@H](c2ccc(C)cc2)[C@@H]2C(=O)N(c3ccccc3)C(=O)[C@H]21. The summed E-state index contributed by atoms with van der Waals surface area (Å²) in [5.41, 5.74) is 0.562. The summed E-state index contributed by atoms with van der Waals surface area (Å²) < 4.78 is 4.92. The highest BCUT2D eigenvalue weighted by Gasteiger charge is 2.69. The van der Waals surface area contributed by atoms with Crippen LogP contribution in [0.3, 0.4) is 0 Å². The third kappa shape index (κ3) is 2.77. The lowest BCUT2D eigenvalue weighted by atomic mass is 9.79. The number of aryl methyl sites for hydroxylation is 1. The van der Waals surface area contributed by atoms with Gasteiger partial charge in [-0.1, -0.05) is 48.0 Å². The van der Waals surface area contributed by atoms with Gasteiger partial charge in [0.05, 0.1) is 31.2 Å². The number of esters is 1. The minimum absolute atomic E-state index is 0.400. The molecule has 2 aliphatic rings. The highest BCUT2D eigenvalue weighted by atomic mass is 16.5. The van der Waals surface area contributed by atoms with Crippen molar-refractivity contribution in [2.24, 2.45) is 11.8 Å². The van der Waals surface area contributed by atoms with Gasteiger partial charge in [-0.3, -0.25) is 14.9 Å². The maximum absolute atomic E-state index is 13.4. The molecule has 2 N–H and O–H groups in total. The Labute approximate surface area is 168 Å². The van der Waals surface area contributed by atoms with E-state index in [-0.39, 0.29) is 0 Å². The molecule has 0 saturated carbocycles. The first kappa shape index (κ1) is 19.3. The Balaban J connectivity index is 1.85. The Kier molecular flexibility index (Phi) is 4.72. The van der Waals surface area contributed by atoms with Gasteiger partial charge in [-0.25, -0.2) is 9.69 Å². The van der Waals surface area contributed by atoms with Crippen LogP contribution in [-0.2, 0) is 19.1 Å². The number of ether oxygens (including phenoxy) is 1. The molecule has 0 aliphatic carbocycles. The molecule has 0 bridgehead atoms. The lowest BCUT2D eigenvalue weighted by molar-refractivity contribution is -0.154. The van der Waals surface area contributed by atoms with Crippen molar-refractivity contribution in [3.63, 3.8) is 0 Å². The van der Waals surface area contributed by atoms with Gasteiger partial charge < -0.3 is 9.84 Å². The van der Waals surface area contributed by atoms with E-state index in [0.717, 1.165) is 16.0 Å². The standard InChI is InChI=1S/C22H22N2O5/c1-13-8-10-14(11-9-13)18-16-17(22(12-25,23-18)21(28)29-2)20(27)24(19(16)26)15-6-4-3-5-7-15/h3-11,16-18,23,25H,12H2,1-2H3/t16-,17+,18-,22+/m1/s1. The van der Waals surface area contributed by atoms with E-state index in [4.69, 9.17) is 4.74 Å². The van der Waals surface area contributed by atoms with Crippen molar-refractivity contribution in [3.05, 3.63) is 65.7 Å². The number of methoxy groups -OCH3 is 1. The molecule has 0 spiro atoms. The van der Waals surface area contributed by atoms with E-state index in [2.05, 4.69) is 5.32 Å². The molecule has 2 aliphatic heterocycles. The lowest BCUT2D eigenvalue weighted by Crippen LogP contribution is -2.59. The van der Waals surface area contributed by atoms with Gasteiger partial charge in [0.15, 0.2) is 5.54 Å². The number of amides is 2. The number of carbonyl (C=O) groups is 3. The molecule has 4 atom stereocenters. The minimum Gasteiger partial charge on any atom is -0.468 e. The molecule has 150 valence electrons. The monoisotopic (exact) mass is 394 g/mol. The van der Waals surface area contributed by atoms with Crippen LogP contribution >= 0.6 is 0 Å². The maximum Gasteiger partial charge on any atom is 0.329 e. The molecule has 0 aromatic heterocycles. The summed E-state index contributed by atoms with van der Waals surface area (Å²) in [6.07, 6.45) is 0. The fraction of sp³-hybridized carbons (Fsp3) is 0.318. The van der Waals surface area contributed by atoms with Crippen molar-refractivity contribution in [3.8, 4) is 0 Å². The number of nitrogens with one attached hydrogen (secondary N) is 1. The van der Waals surface area contributed by atoms with E-state index < -0.39 is 47.8 Å². The van der Waals surface area contributed by atoms with E-state index in [1.807, 2.05) is 31.2 Å². The average Bonchev–Trinajstić information content (AvgIpc) is 3.23. The predicted octanol–water partition coefficient (Wildman–Crippen LogP) is 1.35. The summed E-state index contributed by atoms with van der Waals surface area (Å²) in [6, 6.07) is 15.5. The van der Waals surface area contributed by atoms with E-state index in [1.54, 1.807) is 30.3 Å². The van der Waals surface area contributed by atoms with Crippen LogP contribution < -0.4 is 10.2 Å². The number of hydrogen-bond donors (Lipinski definition) is 2. The molecular formula is C22H22N2O5. The first-order valence-electron chi connectivity index (χ1n) is 9.41. The number of aliphatic hydroxyl groups is 1. The number of benzene rings is 2. The molecule has 2 saturated heterocycles. The van der Waals surface area contributed by atoms with Crippen molar-refractivity contribution < 1.29 is 24.2 Å². The summed E-state index contributed by atoms with van der Waals surface area (Å²) in [6.45, 7) is 1.29. The zero-order chi connectivity index (χ0) is 20.8. The Morgan fingerprint density at radius 3 is 2.34 bits per heavy atom. The Hall–Kier alpha value is -3.03. The average molecular weight is 394 g/mol. The summed E-state index contributed by atoms with van der Waals surface area (Å²) in [7, 11) is 1.20. The minimum atomic E-state index is -1.69. The van der Waals surface area contributed by atoms with E-state index >= 15 is 0 Å². The molecule has 0 unspecified atom stereocenters. The second-order valence-electron chi connectivity index (χ2n) is 7.50. The van der Waals surface area contributed by atoms with Gasteiger partial charge in [0.25, 0.3) is 0 Å². The largest absolute Gasteiger partial charge is 0.468 e. The number of hydrogen-bond acceptors (Lipinski definition) is 6. The van der Waals surface area contributed by atoms with Crippen LogP contribution in [-0.4, -0.2) is 42.1 Å². The van der Waals surface area contributed by atoms with Crippen molar-refractivity contribution in [1.29, 1.82) is 0 Å². The number of fused-ring (bicyclic) bond motifs is 1. The van der Waals surface area contributed by atoms with Gasteiger partial charge in [-0.15, -0.1) is 0 Å². The van der Waals surface area contributed by atoms with Crippen LogP contribution in [0.5, 0.6) is 0 Å². The molecule has 2 heterocycles. The summed E-state index contributed by atoms with van der Waals surface area (Å²) in [4.78, 5) is 40.6. The van der Waals surface area contributed by atoms with Gasteiger partial charge in [0.2, 0.25) is 11.8 Å². The van der Waals surface area contributed by atoms with Gasteiger partial charge in [-0.05, 0) is 24.6 Å². The molecule has 0 radical (unpaired) electrons. The molecule has 2 aromatic carbocycles. The molecular weight excluding hydrogens is 372 g/mol. The van der Waals surface area contributed by atoms with Gasteiger partial charge in [0.1, 0.15) is 0 Å². The molecule has 2 fully saturated rings. The third-order valence-corrected chi connectivity index (χ3v) is 5.90. The summed E-state index contributed by atoms with van der Waals surface area (Å²) in [5, 5.41) is 13.3. The second-order valence-corrected chi connectivity index (χ2v) is 7.50. The highest BCUT2D eigenvalue weighted by molar-refractivity contribution is 6.24. The first-order valence-corrected chi connectivity index (χ1v) is 9.41. The van der Waals surface area contributed by atoms with Gasteiger partial charge >= 0.3 is 5.97 Å². The van der Waals surface area contributed by atoms with Crippen LogP contribution in [0.1, 0.15) is 17.2 Å². The van der Waals surface area contributed by atoms with E-state index in [0.29, 0.717) is 5.69 Å². The van der Waals surface area contributed by atoms with Crippen LogP contribution in [0.2, 0.25) is 0 Å². The summed E-state index contributed by atoms with van der Waals surface area (Å²) in [5.74, 6) is -3.59. The Morgan fingerprint density at radius 1 is 1.10 bits per heavy atom. The quantitative estimate of drug-likeness (QED) is 0.600. The number of carbonyl (C=O) groups excluding carboxylic acids is 3. The molecule has 7 heteroatoms. The Morgan fingerprint density at radius 2 is 1.76 bits per heavy atom. The number of para-hydroxylation sites is 1. The van der Waals surface area contributed by atoms with Crippen LogP contribution in [0.4, 0.5) is 5.69 Å². The first-order chi connectivity index (χ1) is 13.9.